The molecule has 0 saturated carbocycles. The molecule has 18 heavy (non-hydrogen) atoms. The van der Waals surface area contributed by atoms with Crippen LogP contribution in [0.1, 0.15) is 12.6 Å². The number of aromatic nitrogens is 3. The van der Waals surface area contributed by atoms with Crippen molar-refractivity contribution in [2.24, 2.45) is 0 Å². The Balaban J connectivity index is 1.95. The molecule has 1 N–H and O–H groups in total. The van der Waals surface area contributed by atoms with Crippen molar-refractivity contribution in [2.45, 2.75) is 24.1 Å². The maximum Gasteiger partial charge on any atom is 0.239 e. The van der Waals surface area contributed by atoms with Crippen LogP contribution in [0.3, 0.4) is 0 Å². The zero-order valence-corrected chi connectivity index (χ0v) is 11.6. The molecular weight excluding hydrogens is 268 g/mol. The minimum Gasteiger partial charge on any atom is -0.301 e. The first-order valence-corrected chi connectivity index (χ1v) is 7.07. The maximum absolute atomic E-state index is 11.9. The van der Waals surface area contributed by atoms with E-state index in [0.717, 1.165) is 10.7 Å². The van der Waals surface area contributed by atoms with Gasteiger partial charge in [0.1, 0.15) is 11.4 Å². The van der Waals surface area contributed by atoms with Crippen LogP contribution in [0.2, 0.25) is 0 Å². The monoisotopic (exact) mass is 280 g/mol. The van der Waals surface area contributed by atoms with Gasteiger partial charge in [-0.3, -0.25) is 4.79 Å². The molecular formula is C11H12N4OS2. The smallest absolute Gasteiger partial charge is 0.239 e. The van der Waals surface area contributed by atoms with Crippen LogP contribution in [0.25, 0.3) is 0 Å². The van der Waals surface area contributed by atoms with Crippen LogP contribution < -0.4 is 5.32 Å². The quantitative estimate of drug-likeness (QED) is 0.688. The number of nitrogens with one attached hydrogen (secondary N) is 1. The standard InChI is InChI=1S/C11H12N4OS2/c1-7-5-9(14-6-13-7)18-8(2)10(16)15-11-12-3-4-17-11/h3-6,8H,1-2H3,(H,12,15,16)/t8-/m1/s1. The van der Waals surface area contributed by atoms with Crippen molar-refractivity contribution in [1.82, 2.24) is 15.0 Å². The molecule has 1 amide bonds. The van der Waals surface area contributed by atoms with Crippen LogP contribution in [0, 0.1) is 6.92 Å². The van der Waals surface area contributed by atoms with E-state index in [2.05, 4.69) is 20.3 Å². The summed E-state index contributed by atoms with van der Waals surface area (Å²) in [6.07, 6.45) is 3.16. The minimum absolute atomic E-state index is 0.0776. The molecule has 2 aromatic heterocycles. The molecule has 0 spiro atoms. The molecule has 0 saturated heterocycles. The van der Waals surface area contributed by atoms with Gasteiger partial charge in [0.05, 0.1) is 5.25 Å². The van der Waals surface area contributed by atoms with Gasteiger partial charge in [-0.2, -0.15) is 0 Å². The Labute approximate surface area is 113 Å². The normalized spacial score (nSPS) is 12.1. The number of thiazole rings is 1. The summed E-state index contributed by atoms with van der Waals surface area (Å²) in [5.74, 6) is -0.0776. The molecule has 0 bridgehead atoms. The first kappa shape index (κ1) is 13.0. The summed E-state index contributed by atoms with van der Waals surface area (Å²) < 4.78 is 0. The molecule has 7 heteroatoms. The van der Waals surface area contributed by atoms with Gasteiger partial charge in [0, 0.05) is 17.3 Å². The summed E-state index contributed by atoms with van der Waals surface area (Å²) in [7, 11) is 0. The van der Waals surface area contributed by atoms with Gasteiger partial charge >= 0.3 is 0 Å². The molecule has 0 aliphatic heterocycles. The van der Waals surface area contributed by atoms with E-state index in [9.17, 15) is 4.79 Å². The highest BCUT2D eigenvalue weighted by molar-refractivity contribution is 8.00. The maximum atomic E-state index is 11.9. The fourth-order valence-corrected chi connectivity index (χ4v) is 2.63. The molecule has 0 aromatic carbocycles. The molecule has 0 radical (unpaired) electrons. The van der Waals surface area contributed by atoms with Gasteiger partial charge in [0.2, 0.25) is 5.91 Å². The van der Waals surface area contributed by atoms with E-state index in [-0.39, 0.29) is 11.2 Å². The molecule has 1 atom stereocenters. The average Bonchev–Trinajstić information content (AvgIpc) is 2.81. The highest BCUT2D eigenvalue weighted by Crippen LogP contribution is 2.22. The van der Waals surface area contributed by atoms with Gasteiger partial charge in [0.25, 0.3) is 0 Å². The summed E-state index contributed by atoms with van der Waals surface area (Å²) in [5, 5.41) is 5.76. The zero-order chi connectivity index (χ0) is 13.0. The third-order valence-electron chi connectivity index (χ3n) is 2.11. The largest absolute Gasteiger partial charge is 0.301 e. The summed E-state index contributed by atoms with van der Waals surface area (Å²) in [6, 6.07) is 1.86. The van der Waals surface area contributed by atoms with Crippen molar-refractivity contribution in [3.05, 3.63) is 29.7 Å². The number of rotatable bonds is 4. The van der Waals surface area contributed by atoms with E-state index in [4.69, 9.17) is 0 Å². The first-order chi connectivity index (χ1) is 8.65. The molecule has 0 aliphatic rings. The lowest BCUT2D eigenvalue weighted by Crippen LogP contribution is -2.22. The third kappa shape index (κ3) is 3.51. The number of carbonyl (C=O) groups is 1. The van der Waals surface area contributed by atoms with E-state index in [1.807, 2.05) is 25.3 Å². The Kier molecular flexibility index (Phi) is 4.27. The lowest BCUT2D eigenvalue weighted by molar-refractivity contribution is -0.115. The minimum atomic E-state index is -0.233. The van der Waals surface area contributed by atoms with Gasteiger partial charge < -0.3 is 5.32 Å². The van der Waals surface area contributed by atoms with Gasteiger partial charge in [0.15, 0.2) is 5.13 Å². The van der Waals surface area contributed by atoms with Crippen LogP contribution in [0.15, 0.2) is 29.0 Å². The van der Waals surface area contributed by atoms with E-state index < -0.39 is 0 Å². The molecule has 0 aliphatic carbocycles. The van der Waals surface area contributed by atoms with Crippen molar-refractivity contribution in [1.29, 1.82) is 0 Å². The number of hydrogen-bond donors (Lipinski definition) is 1. The Morgan fingerprint density at radius 3 is 2.94 bits per heavy atom. The number of amides is 1. The van der Waals surface area contributed by atoms with Crippen molar-refractivity contribution in [2.75, 3.05) is 5.32 Å². The number of hydrogen-bond acceptors (Lipinski definition) is 6. The van der Waals surface area contributed by atoms with Gasteiger partial charge in [-0.1, -0.05) is 11.8 Å². The SMILES string of the molecule is Cc1cc(S[C@H](C)C(=O)Nc2nccs2)ncn1. The van der Waals surface area contributed by atoms with Crippen molar-refractivity contribution in [3.63, 3.8) is 0 Å². The highest BCUT2D eigenvalue weighted by Gasteiger charge is 2.16. The van der Waals surface area contributed by atoms with Crippen molar-refractivity contribution >= 4 is 34.1 Å². The van der Waals surface area contributed by atoms with Gasteiger partial charge in [-0.25, -0.2) is 15.0 Å². The summed E-state index contributed by atoms with van der Waals surface area (Å²) >= 11 is 2.80. The number of thioether (sulfide) groups is 1. The Morgan fingerprint density at radius 2 is 2.28 bits per heavy atom. The number of anilines is 1. The lowest BCUT2D eigenvalue weighted by Gasteiger charge is -2.09. The highest BCUT2D eigenvalue weighted by atomic mass is 32.2. The molecule has 94 valence electrons. The molecule has 0 unspecified atom stereocenters. The molecule has 5 nitrogen and oxygen atoms in total. The van der Waals surface area contributed by atoms with E-state index in [0.29, 0.717) is 5.13 Å². The van der Waals surface area contributed by atoms with Crippen molar-refractivity contribution in [3.8, 4) is 0 Å². The summed E-state index contributed by atoms with van der Waals surface area (Å²) in [6.45, 7) is 3.73. The van der Waals surface area contributed by atoms with Crippen LogP contribution >= 0.6 is 23.1 Å². The van der Waals surface area contributed by atoms with E-state index in [1.54, 1.807) is 6.20 Å². The van der Waals surface area contributed by atoms with Crippen molar-refractivity contribution < 1.29 is 4.79 Å². The van der Waals surface area contributed by atoms with Gasteiger partial charge in [-0.15, -0.1) is 11.3 Å². The van der Waals surface area contributed by atoms with E-state index >= 15 is 0 Å². The van der Waals surface area contributed by atoms with Crippen LogP contribution in [0.5, 0.6) is 0 Å². The van der Waals surface area contributed by atoms with Gasteiger partial charge in [-0.05, 0) is 19.9 Å². The second kappa shape index (κ2) is 5.92. The molecule has 2 aromatic rings. The summed E-state index contributed by atoms with van der Waals surface area (Å²) in [4.78, 5) is 24.0. The van der Waals surface area contributed by atoms with Crippen LogP contribution in [-0.2, 0) is 4.79 Å². The van der Waals surface area contributed by atoms with Crippen LogP contribution in [-0.4, -0.2) is 26.1 Å². The fraction of sp³-hybridized carbons (Fsp3) is 0.273. The lowest BCUT2D eigenvalue weighted by atomic mass is 10.4. The van der Waals surface area contributed by atoms with Crippen LogP contribution in [0.4, 0.5) is 5.13 Å². The first-order valence-electron chi connectivity index (χ1n) is 5.31. The average molecular weight is 280 g/mol. The Bertz CT molecular complexity index is 530. The molecule has 0 fully saturated rings. The second-order valence-electron chi connectivity index (χ2n) is 3.58. The molecule has 2 heterocycles. The molecule has 2 rings (SSSR count). The topological polar surface area (TPSA) is 67.8 Å². The predicted octanol–water partition coefficient (Wildman–Crippen LogP) is 2.36. The van der Waals surface area contributed by atoms with E-state index in [1.165, 1.54) is 29.4 Å². The number of aryl methyl sites for hydroxylation is 1. The fourth-order valence-electron chi connectivity index (χ4n) is 1.22. The third-order valence-corrected chi connectivity index (χ3v) is 3.83. The predicted molar refractivity (Wildman–Crippen MR) is 72.8 cm³/mol. The summed E-state index contributed by atoms with van der Waals surface area (Å²) in [5.41, 5.74) is 0.889. The number of nitrogens with zero attached hydrogens (tertiary/aromatic N) is 3. The Hall–Kier alpha value is -1.47. The zero-order valence-electron chi connectivity index (χ0n) is 9.95. The Morgan fingerprint density at radius 1 is 1.44 bits per heavy atom. The number of carbonyl (C=O) groups excluding carboxylic acids is 1. The second-order valence-corrected chi connectivity index (χ2v) is 5.84.